The van der Waals surface area contributed by atoms with Crippen LogP contribution in [0, 0.1) is 0 Å². The van der Waals surface area contributed by atoms with E-state index in [0.29, 0.717) is 5.75 Å². The molecule has 12 heavy (non-hydrogen) atoms. The first-order chi connectivity index (χ1) is 5.58. The van der Waals surface area contributed by atoms with Gasteiger partial charge in [0.15, 0.2) is 0 Å². The molecule has 0 bridgehead atoms. The van der Waals surface area contributed by atoms with Gasteiger partial charge in [-0.25, -0.2) is 0 Å². The first-order valence-electron chi connectivity index (χ1n) is 3.77. The average molecular weight is 183 g/mol. The van der Waals surface area contributed by atoms with Crippen molar-refractivity contribution >= 4 is 15.4 Å². The summed E-state index contributed by atoms with van der Waals surface area (Å²) in [5.74, 6) is 4.23. The molecule has 0 aliphatic rings. The molecule has 0 aromatic carbocycles. The highest BCUT2D eigenvalue weighted by molar-refractivity contribution is 7.99. The fourth-order valence-electron chi connectivity index (χ4n) is 0.880. The minimum absolute atomic E-state index is 0.638. The van der Waals surface area contributed by atoms with Gasteiger partial charge in [0.1, 0.15) is 0 Å². The monoisotopic (exact) mass is 183 g/mol. The Balaban J connectivity index is 2.56. The van der Waals surface area contributed by atoms with Crippen molar-refractivity contribution < 1.29 is 4.21 Å². The molecule has 0 aliphatic carbocycles. The Bertz CT molecular complexity index is 329. The minimum atomic E-state index is -1.85. The van der Waals surface area contributed by atoms with Crippen LogP contribution in [0.4, 0.5) is 0 Å². The Hall–Kier alpha value is -0.830. The topological polar surface area (TPSA) is 30.0 Å². The Morgan fingerprint density at radius 3 is 2.92 bits per heavy atom. The highest BCUT2D eigenvalue weighted by Gasteiger charge is 1.96. The molecule has 1 aromatic rings. The number of aryl methyl sites for hydroxylation is 1. The van der Waals surface area contributed by atoms with Gasteiger partial charge in [0.05, 0.1) is 0 Å². The van der Waals surface area contributed by atoms with Crippen LogP contribution in [0.1, 0.15) is 5.56 Å². The number of nitrogens with zero attached hydrogens (tertiary/aromatic N) is 1. The molecule has 0 amide bonds. The van der Waals surface area contributed by atoms with Crippen molar-refractivity contribution in [3.63, 3.8) is 0 Å². The number of pyridine rings is 1. The van der Waals surface area contributed by atoms with Crippen molar-refractivity contribution in [1.82, 2.24) is 4.98 Å². The second-order valence-electron chi connectivity index (χ2n) is 3.00. The van der Waals surface area contributed by atoms with E-state index in [1.165, 1.54) is 0 Å². The first kappa shape index (κ1) is 9.26. The summed E-state index contributed by atoms with van der Waals surface area (Å²) in [5, 5.41) is 0. The Kier molecular flexibility index (Phi) is 2.87. The third-order valence-corrected chi connectivity index (χ3v) is 2.61. The van der Waals surface area contributed by atoms with Crippen molar-refractivity contribution in [3.8, 4) is 0 Å². The van der Waals surface area contributed by atoms with Crippen LogP contribution in [0.2, 0.25) is 0 Å². The molecule has 2 nitrogen and oxygen atoms in total. The lowest BCUT2D eigenvalue weighted by atomic mass is 10.2. The van der Waals surface area contributed by atoms with E-state index in [4.69, 9.17) is 0 Å². The van der Waals surface area contributed by atoms with Crippen molar-refractivity contribution in [3.05, 3.63) is 30.1 Å². The minimum Gasteiger partial charge on any atom is -0.268 e. The van der Waals surface area contributed by atoms with Crippen molar-refractivity contribution in [2.45, 2.75) is 6.42 Å². The maximum atomic E-state index is 11.2. The lowest BCUT2D eigenvalue weighted by Gasteiger charge is -2.01. The summed E-state index contributed by atoms with van der Waals surface area (Å²) in [5.41, 5.74) is 1.12. The van der Waals surface area contributed by atoms with Gasteiger partial charge < -0.3 is 0 Å². The van der Waals surface area contributed by atoms with E-state index in [-0.39, 0.29) is 0 Å². The Labute approximate surface area is 73.7 Å². The number of rotatable bonds is 3. The summed E-state index contributed by atoms with van der Waals surface area (Å²) in [6.45, 7) is 0. The van der Waals surface area contributed by atoms with Crippen LogP contribution in [0.5, 0.6) is 0 Å². The lowest BCUT2D eigenvalue weighted by molar-refractivity contribution is 0.684. The Morgan fingerprint density at radius 2 is 2.42 bits per heavy atom. The molecule has 1 aromatic heterocycles. The molecule has 0 saturated carbocycles. The van der Waals surface area contributed by atoms with Crippen LogP contribution < -0.4 is 0 Å². The van der Waals surface area contributed by atoms with Crippen LogP contribution in [-0.4, -0.2) is 27.1 Å². The normalized spacial score (nSPS) is 15.4. The summed E-state index contributed by atoms with van der Waals surface area (Å²) in [4.78, 5) is 3.97. The maximum absolute atomic E-state index is 11.2. The largest absolute Gasteiger partial charge is 0.268 e. The molecule has 1 rings (SSSR count). The summed E-state index contributed by atoms with van der Waals surface area (Å²) >= 11 is 0. The van der Waals surface area contributed by atoms with Gasteiger partial charge in [-0.05, 0) is 33.4 Å². The molecule has 0 fully saturated rings. The fourth-order valence-corrected chi connectivity index (χ4v) is 1.55. The molecule has 1 unspecified atom stereocenters. The zero-order valence-electron chi connectivity index (χ0n) is 7.19. The van der Waals surface area contributed by atoms with Gasteiger partial charge in [0.2, 0.25) is 0 Å². The van der Waals surface area contributed by atoms with E-state index in [1.54, 1.807) is 18.6 Å². The summed E-state index contributed by atoms with van der Waals surface area (Å²) in [7, 11) is -1.85. The average Bonchev–Trinajstić information content (AvgIpc) is 2.02. The second kappa shape index (κ2) is 3.72. The number of hydrogen-bond acceptors (Lipinski definition) is 2. The van der Waals surface area contributed by atoms with Crippen LogP contribution in [0.3, 0.4) is 0 Å². The van der Waals surface area contributed by atoms with Gasteiger partial charge in [0.25, 0.3) is 0 Å². The van der Waals surface area contributed by atoms with Gasteiger partial charge in [0, 0.05) is 24.4 Å². The molecular formula is C9H13NOS. The maximum Gasteiger partial charge on any atom is 0.0300 e. The van der Waals surface area contributed by atoms with Gasteiger partial charge in [-0.2, -0.15) is 0 Å². The predicted octanol–water partition coefficient (Wildman–Crippen LogP) is 0.970. The molecule has 0 radical (unpaired) electrons. The van der Waals surface area contributed by atoms with Crippen LogP contribution in [-0.2, 0) is 15.9 Å². The zero-order valence-corrected chi connectivity index (χ0v) is 8.01. The molecule has 0 spiro atoms. The van der Waals surface area contributed by atoms with Crippen LogP contribution in [0.25, 0.3) is 0 Å². The quantitative estimate of drug-likeness (QED) is 0.654. The number of hydrogen-bond donors (Lipinski definition) is 0. The smallest absolute Gasteiger partial charge is 0.0300 e. The molecule has 66 valence electrons. The molecule has 0 saturated heterocycles. The molecular weight excluding hydrogens is 170 g/mol. The van der Waals surface area contributed by atoms with Crippen molar-refractivity contribution in [2.75, 3.05) is 12.0 Å². The van der Waals surface area contributed by atoms with Gasteiger partial charge in [-0.15, -0.1) is 0 Å². The van der Waals surface area contributed by atoms with Crippen molar-refractivity contribution in [1.29, 1.82) is 0 Å². The SMILES string of the molecule is C=S(C)(=O)CCc1cccnc1. The summed E-state index contributed by atoms with van der Waals surface area (Å²) in [6, 6.07) is 3.87. The predicted molar refractivity (Wildman–Crippen MR) is 54.0 cm³/mol. The third-order valence-electron chi connectivity index (χ3n) is 1.55. The van der Waals surface area contributed by atoms with E-state index in [1.807, 2.05) is 12.1 Å². The molecule has 1 heterocycles. The summed E-state index contributed by atoms with van der Waals surface area (Å²) < 4.78 is 11.2. The van der Waals surface area contributed by atoms with Gasteiger partial charge in [-0.1, -0.05) is 6.07 Å². The van der Waals surface area contributed by atoms with E-state index in [2.05, 4.69) is 10.9 Å². The first-order valence-corrected chi connectivity index (χ1v) is 6.07. The fraction of sp³-hybridized carbons (Fsp3) is 0.333. The third kappa shape index (κ3) is 3.53. The Morgan fingerprint density at radius 1 is 1.67 bits per heavy atom. The highest BCUT2D eigenvalue weighted by atomic mass is 32.2. The molecule has 0 aliphatic heterocycles. The van der Waals surface area contributed by atoms with E-state index < -0.39 is 9.52 Å². The lowest BCUT2D eigenvalue weighted by Crippen LogP contribution is -2.05. The standard InChI is InChI=1S/C9H13NOS/c1-12(2,11)7-5-9-4-3-6-10-8-9/h3-4,6,8H,1,5,7H2,2H3. The zero-order chi connectivity index (χ0) is 9.03. The van der Waals surface area contributed by atoms with Gasteiger partial charge in [-0.3, -0.25) is 9.19 Å². The number of aromatic nitrogens is 1. The van der Waals surface area contributed by atoms with E-state index in [0.717, 1.165) is 12.0 Å². The van der Waals surface area contributed by atoms with E-state index >= 15 is 0 Å². The van der Waals surface area contributed by atoms with E-state index in [9.17, 15) is 4.21 Å². The second-order valence-corrected chi connectivity index (χ2v) is 5.78. The molecule has 0 N–H and O–H groups in total. The van der Waals surface area contributed by atoms with Crippen molar-refractivity contribution in [2.24, 2.45) is 0 Å². The highest BCUT2D eigenvalue weighted by Crippen LogP contribution is 1.98. The summed E-state index contributed by atoms with van der Waals surface area (Å²) in [6.07, 6.45) is 6.01. The van der Waals surface area contributed by atoms with Gasteiger partial charge >= 0.3 is 0 Å². The van der Waals surface area contributed by atoms with Crippen LogP contribution in [0.15, 0.2) is 24.5 Å². The molecule has 3 heteroatoms. The van der Waals surface area contributed by atoms with Crippen LogP contribution >= 0.6 is 0 Å². The molecule has 1 atom stereocenters.